The Morgan fingerprint density at radius 1 is 1.35 bits per heavy atom. The monoisotopic (exact) mass is 271 g/mol. The molecule has 1 aliphatic carbocycles. The van der Waals surface area contributed by atoms with Crippen LogP contribution in [0.3, 0.4) is 0 Å². The van der Waals surface area contributed by atoms with Gasteiger partial charge in [0.1, 0.15) is 0 Å². The summed E-state index contributed by atoms with van der Waals surface area (Å²) in [6, 6.07) is 5.57. The van der Waals surface area contributed by atoms with Crippen molar-refractivity contribution in [3.05, 3.63) is 35.0 Å². The smallest absolute Gasteiger partial charge is 0.337 e. The van der Waals surface area contributed by atoms with E-state index in [1.54, 1.807) is 6.07 Å². The Hall–Kier alpha value is -1.77. The van der Waals surface area contributed by atoms with Gasteiger partial charge >= 0.3 is 5.97 Å². The van der Waals surface area contributed by atoms with E-state index in [-0.39, 0.29) is 5.41 Å². The number of aryl methyl sites for hydroxylation is 1. The average Bonchev–Trinajstić information content (AvgIpc) is 2.75. The lowest BCUT2D eigenvalue weighted by Crippen LogP contribution is -2.22. The summed E-state index contributed by atoms with van der Waals surface area (Å²) in [5, 5.41) is 10.4. The Kier molecular flexibility index (Phi) is 2.89. The molecule has 1 atom stereocenters. The highest BCUT2D eigenvalue weighted by atomic mass is 16.4. The van der Waals surface area contributed by atoms with Crippen molar-refractivity contribution in [3.63, 3.8) is 0 Å². The highest BCUT2D eigenvalue weighted by Crippen LogP contribution is 2.45. The second-order valence-corrected chi connectivity index (χ2v) is 6.86. The molecule has 3 rings (SSSR count). The fraction of sp³-hybridized carbons (Fsp3) is 0.471. The molecule has 0 aliphatic heterocycles. The summed E-state index contributed by atoms with van der Waals surface area (Å²) in [4.78, 5) is 14.8. The predicted octanol–water partition coefficient (Wildman–Crippen LogP) is 4.33. The van der Waals surface area contributed by atoms with E-state index >= 15 is 0 Å². The van der Waals surface area contributed by atoms with E-state index in [2.05, 4.69) is 25.8 Å². The summed E-state index contributed by atoms with van der Waals surface area (Å²) in [7, 11) is 0. The molecule has 0 saturated carbocycles. The molecular formula is C17H21NO2. The van der Waals surface area contributed by atoms with Crippen molar-refractivity contribution in [2.45, 2.75) is 46.0 Å². The Balaban J connectivity index is 2.27. The van der Waals surface area contributed by atoms with Crippen LogP contribution >= 0.6 is 0 Å². The summed E-state index contributed by atoms with van der Waals surface area (Å²) >= 11 is 0. The van der Waals surface area contributed by atoms with E-state index < -0.39 is 5.97 Å². The number of hydrogen-bond acceptors (Lipinski definition) is 1. The molecule has 20 heavy (non-hydrogen) atoms. The Labute approximate surface area is 119 Å². The van der Waals surface area contributed by atoms with Crippen molar-refractivity contribution in [3.8, 4) is 0 Å². The molecule has 106 valence electrons. The number of carboxylic acid groups (broad SMARTS) is 1. The molecule has 0 fully saturated rings. The lowest BCUT2D eigenvalue weighted by molar-refractivity contribution is 0.0699. The third-order valence-corrected chi connectivity index (χ3v) is 4.52. The number of carboxylic acids is 1. The number of aromatic nitrogens is 1. The van der Waals surface area contributed by atoms with Crippen LogP contribution in [0, 0.1) is 5.41 Å². The number of fused-ring (bicyclic) bond motifs is 3. The maximum atomic E-state index is 11.4. The second-order valence-electron chi connectivity index (χ2n) is 6.86. The summed E-state index contributed by atoms with van der Waals surface area (Å²) < 4.78 is 0. The Morgan fingerprint density at radius 3 is 2.75 bits per heavy atom. The molecule has 0 saturated heterocycles. The molecule has 2 aromatic rings. The Morgan fingerprint density at radius 2 is 2.10 bits per heavy atom. The minimum atomic E-state index is -0.860. The molecule has 1 aromatic heterocycles. The van der Waals surface area contributed by atoms with Crippen molar-refractivity contribution < 1.29 is 9.90 Å². The van der Waals surface area contributed by atoms with Gasteiger partial charge in [-0.1, -0.05) is 32.9 Å². The summed E-state index contributed by atoms with van der Waals surface area (Å²) in [5.74, 6) is -0.387. The first-order valence-corrected chi connectivity index (χ1v) is 7.26. The molecule has 1 aromatic carbocycles. The molecule has 0 amide bonds. The molecule has 0 spiro atoms. The lowest BCUT2D eigenvalue weighted by atomic mass is 9.72. The van der Waals surface area contributed by atoms with Crippen molar-refractivity contribution in [1.29, 1.82) is 0 Å². The van der Waals surface area contributed by atoms with E-state index in [1.165, 1.54) is 24.1 Å². The van der Waals surface area contributed by atoms with Gasteiger partial charge in [-0.2, -0.15) is 0 Å². The van der Waals surface area contributed by atoms with Gasteiger partial charge in [-0.15, -0.1) is 0 Å². The predicted molar refractivity (Wildman–Crippen MR) is 80.4 cm³/mol. The number of rotatable bonds is 1. The normalized spacial score (nSPS) is 19.1. The van der Waals surface area contributed by atoms with Crippen LogP contribution in [-0.2, 0) is 6.42 Å². The summed E-state index contributed by atoms with van der Waals surface area (Å²) in [6.07, 6.45) is 3.40. The molecule has 0 radical (unpaired) electrons. The Bertz CT molecular complexity index is 676. The van der Waals surface area contributed by atoms with Gasteiger partial charge in [-0.25, -0.2) is 4.79 Å². The minimum Gasteiger partial charge on any atom is -0.478 e. The van der Waals surface area contributed by atoms with E-state index in [1.807, 2.05) is 12.1 Å². The van der Waals surface area contributed by atoms with Gasteiger partial charge in [0.15, 0.2) is 0 Å². The SMILES string of the molecule is CC(C)(C)C1CCCc2c1[nH]c1c(C(=O)O)cccc21. The molecule has 3 nitrogen and oxygen atoms in total. The van der Waals surface area contributed by atoms with E-state index in [4.69, 9.17) is 0 Å². The molecule has 2 N–H and O–H groups in total. The minimum absolute atomic E-state index is 0.194. The molecule has 1 unspecified atom stereocenters. The molecule has 3 heteroatoms. The largest absolute Gasteiger partial charge is 0.478 e. The van der Waals surface area contributed by atoms with Crippen LogP contribution in [0.4, 0.5) is 0 Å². The number of para-hydroxylation sites is 1. The van der Waals surface area contributed by atoms with Gasteiger partial charge in [0.25, 0.3) is 0 Å². The zero-order valence-corrected chi connectivity index (χ0v) is 12.3. The van der Waals surface area contributed by atoms with Gasteiger partial charge in [0.2, 0.25) is 0 Å². The van der Waals surface area contributed by atoms with Crippen LogP contribution in [0.15, 0.2) is 18.2 Å². The third-order valence-electron chi connectivity index (χ3n) is 4.52. The van der Waals surface area contributed by atoms with Crippen LogP contribution in [0.5, 0.6) is 0 Å². The molecular weight excluding hydrogens is 250 g/mol. The quantitative estimate of drug-likeness (QED) is 0.811. The molecule has 0 bridgehead atoms. The summed E-state index contributed by atoms with van der Waals surface area (Å²) in [5.41, 5.74) is 3.95. The van der Waals surface area contributed by atoms with Crippen molar-refractivity contribution >= 4 is 16.9 Å². The first kappa shape index (κ1) is 13.2. The standard InChI is InChI=1S/C17H21NO2/c1-17(2,3)13-9-5-7-11-10-6-4-8-12(16(19)20)14(10)18-15(11)13/h4,6,8,13,18H,5,7,9H2,1-3H3,(H,19,20). The number of aromatic carboxylic acids is 1. The van der Waals surface area contributed by atoms with E-state index in [9.17, 15) is 9.90 Å². The van der Waals surface area contributed by atoms with Gasteiger partial charge in [-0.3, -0.25) is 0 Å². The van der Waals surface area contributed by atoms with Gasteiger partial charge in [0, 0.05) is 17.0 Å². The van der Waals surface area contributed by atoms with Crippen LogP contribution in [0.25, 0.3) is 10.9 Å². The van der Waals surface area contributed by atoms with Gasteiger partial charge in [-0.05, 0) is 36.3 Å². The highest BCUT2D eigenvalue weighted by Gasteiger charge is 2.33. The number of carbonyl (C=O) groups is 1. The van der Waals surface area contributed by atoms with Crippen LogP contribution < -0.4 is 0 Å². The number of benzene rings is 1. The summed E-state index contributed by atoms with van der Waals surface area (Å²) in [6.45, 7) is 6.78. The average molecular weight is 271 g/mol. The zero-order valence-electron chi connectivity index (χ0n) is 12.3. The highest BCUT2D eigenvalue weighted by molar-refractivity contribution is 6.03. The van der Waals surface area contributed by atoms with Gasteiger partial charge < -0.3 is 10.1 Å². The second kappa shape index (κ2) is 4.37. The van der Waals surface area contributed by atoms with E-state index in [0.29, 0.717) is 11.5 Å². The van der Waals surface area contributed by atoms with Crippen molar-refractivity contribution in [2.24, 2.45) is 5.41 Å². The topological polar surface area (TPSA) is 53.1 Å². The first-order chi connectivity index (χ1) is 9.39. The number of aromatic amines is 1. The maximum Gasteiger partial charge on any atom is 0.337 e. The number of nitrogens with one attached hydrogen (secondary N) is 1. The number of H-pyrrole nitrogens is 1. The van der Waals surface area contributed by atoms with E-state index in [0.717, 1.165) is 17.3 Å². The zero-order chi connectivity index (χ0) is 14.5. The molecule has 1 aliphatic rings. The van der Waals surface area contributed by atoms with Crippen LogP contribution in [-0.4, -0.2) is 16.1 Å². The van der Waals surface area contributed by atoms with Gasteiger partial charge in [0.05, 0.1) is 11.1 Å². The van der Waals surface area contributed by atoms with Crippen molar-refractivity contribution in [1.82, 2.24) is 4.98 Å². The first-order valence-electron chi connectivity index (χ1n) is 7.26. The fourth-order valence-electron chi connectivity index (χ4n) is 3.53. The molecule has 1 heterocycles. The lowest BCUT2D eigenvalue weighted by Gasteiger charge is -2.34. The fourth-order valence-corrected chi connectivity index (χ4v) is 3.53. The van der Waals surface area contributed by atoms with Crippen molar-refractivity contribution in [2.75, 3.05) is 0 Å². The van der Waals surface area contributed by atoms with Crippen LogP contribution in [0.2, 0.25) is 0 Å². The third kappa shape index (κ3) is 1.92. The maximum absolute atomic E-state index is 11.4. The van der Waals surface area contributed by atoms with Crippen LogP contribution in [0.1, 0.15) is 61.1 Å². The number of hydrogen-bond donors (Lipinski definition) is 2.